The first-order valence-electron chi connectivity index (χ1n) is 18.7. The summed E-state index contributed by atoms with van der Waals surface area (Å²) < 4.78 is 0. The quantitative estimate of drug-likeness (QED) is 0.161. The van der Waals surface area contributed by atoms with Crippen LogP contribution in [0.5, 0.6) is 5.75 Å². The Balaban J connectivity index is 1.12. The van der Waals surface area contributed by atoms with Gasteiger partial charge in [0, 0.05) is 41.6 Å². The molecular weight excluding hydrogens is 721 g/mol. The minimum Gasteiger partial charge on any atom is -0.508 e. The zero-order valence-electron chi connectivity index (χ0n) is 29.5. The summed E-state index contributed by atoms with van der Waals surface area (Å²) in [5, 5.41) is 11.1. The van der Waals surface area contributed by atoms with Crippen LogP contribution < -0.4 is 4.90 Å². The SMILES string of the molecule is O=C1C2CC3C(=CCC4C(=O)N(C5CCN(Cc6ccccc6)CC5)C(=O)C43)C(c3ccc(O)cc3Cl)C2(c2ccccc2)C(=O)N1c1cccc(Cl)c1. The number of hydrogen-bond acceptors (Lipinski definition) is 6. The highest BCUT2D eigenvalue weighted by Gasteiger charge is 2.70. The number of imide groups is 2. The molecule has 6 unspecified atom stereocenters. The Kier molecular flexibility index (Phi) is 8.75. The van der Waals surface area contributed by atoms with Crippen LogP contribution >= 0.6 is 23.2 Å². The van der Waals surface area contributed by atoms with Gasteiger partial charge < -0.3 is 5.11 Å². The summed E-state index contributed by atoms with van der Waals surface area (Å²) in [7, 11) is 0. The second-order valence-corrected chi connectivity index (χ2v) is 16.2. The van der Waals surface area contributed by atoms with Crippen molar-refractivity contribution in [1.29, 1.82) is 0 Å². The lowest BCUT2D eigenvalue weighted by atomic mass is 9.49. The number of phenolic OH excluding ortho intramolecular Hbond substituents is 1. The van der Waals surface area contributed by atoms with Gasteiger partial charge in [0.15, 0.2) is 0 Å². The molecule has 0 bridgehead atoms. The normalized spacial score (nSPS) is 28.6. The number of allylic oxidation sites excluding steroid dienone is 2. The van der Waals surface area contributed by atoms with E-state index in [1.807, 2.05) is 54.6 Å². The summed E-state index contributed by atoms with van der Waals surface area (Å²) in [6.07, 6.45) is 3.98. The summed E-state index contributed by atoms with van der Waals surface area (Å²) in [5.74, 6) is -4.52. The van der Waals surface area contributed by atoms with Crippen molar-refractivity contribution < 1.29 is 24.3 Å². The molecule has 274 valence electrons. The minimum absolute atomic E-state index is 0.0319. The summed E-state index contributed by atoms with van der Waals surface area (Å²) in [6.45, 7) is 2.37. The number of carbonyl (C=O) groups excluding carboxylic acids is 4. The Bertz CT molecular complexity index is 2200. The fourth-order valence-electron chi connectivity index (χ4n) is 10.4. The Morgan fingerprint density at radius 3 is 2.19 bits per heavy atom. The molecule has 4 amide bonds. The molecule has 0 aromatic heterocycles. The maximum Gasteiger partial charge on any atom is 0.246 e. The number of nitrogens with zero attached hydrogens (tertiary/aromatic N) is 3. The lowest BCUT2D eigenvalue weighted by molar-refractivity contribution is -0.144. The summed E-state index contributed by atoms with van der Waals surface area (Å²) in [5.41, 5.74) is 2.23. The zero-order valence-corrected chi connectivity index (χ0v) is 31.0. The van der Waals surface area contributed by atoms with Crippen LogP contribution in [0, 0.1) is 23.7 Å². The molecule has 0 spiro atoms. The standard InChI is InChI=1S/C44H39Cl2N3O5/c45-28-12-7-13-30(22-28)49-41(52)36-24-35-32(39(33-15-14-31(50)23-37(33)46)44(36,43(49)54)27-10-5-2-6-11-27)16-17-34-38(35)42(53)48(40(34)51)29-18-20-47(21-19-29)25-26-8-3-1-4-9-26/h1-16,22-23,29,34-36,38-39,50H,17-21,24-25H2. The Hall–Kier alpha value is -4.76. The van der Waals surface area contributed by atoms with Crippen LogP contribution in [0.1, 0.15) is 48.3 Å². The van der Waals surface area contributed by atoms with Crippen LogP contribution in [-0.4, -0.2) is 57.7 Å². The first-order valence-corrected chi connectivity index (χ1v) is 19.4. The summed E-state index contributed by atoms with van der Waals surface area (Å²) in [4.78, 5) is 64.6. The van der Waals surface area contributed by atoms with Gasteiger partial charge in [-0.1, -0.05) is 108 Å². The maximum absolute atomic E-state index is 15.4. The Morgan fingerprint density at radius 1 is 0.759 bits per heavy atom. The van der Waals surface area contributed by atoms with Crippen LogP contribution in [0.4, 0.5) is 5.69 Å². The second-order valence-electron chi connectivity index (χ2n) is 15.3. The number of aromatic hydroxyl groups is 1. The van der Waals surface area contributed by atoms with Gasteiger partial charge in [0.1, 0.15) is 5.75 Å². The summed E-state index contributed by atoms with van der Waals surface area (Å²) >= 11 is 13.4. The van der Waals surface area contributed by atoms with Crippen molar-refractivity contribution in [3.8, 4) is 5.75 Å². The Labute approximate surface area is 324 Å². The zero-order chi connectivity index (χ0) is 37.3. The van der Waals surface area contributed by atoms with Crippen LogP contribution in [-0.2, 0) is 31.1 Å². The van der Waals surface area contributed by atoms with Gasteiger partial charge >= 0.3 is 0 Å². The van der Waals surface area contributed by atoms with Crippen molar-refractivity contribution in [2.75, 3.05) is 18.0 Å². The lowest BCUT2D eigenvalue weighted by Crippen LogP contribution is -2.53. The van der Waals surface area contributed by atoms with Gasteiger partial charge in [0.25, 0.3) is 0 Å². The van der Waals surface area contributed by atoms with Crippen molar-refractivity contribution in [3.05, 3.63) is 142 Å². The first-order chi connectivity index (χ1) is 26.2. The third-order valence-electron chi connectivity index (χ3n) is 12.7. The molecule has 4 aromatic rings. The molecule has 1 saturated carbocycles. The molecule has 5 aliphatic rings. The fraction of sp³-hybridized carbons (Fsp3) is 0.318. The molecule has 6 atom stereocenters. The van der Waals surface area contributed by atoms with E-state index in [2.05, 4.69) is 17.0 Å². The number of hydrogen-bond donors (Lipinski definition) is 1. The molecule has 2 aliphatic carbocycles. The number of carbonyl (C=O) groups is 4. The van der Waals surface area contributed by atoms with Gasteiger partial charge in [-0.3, -0.25) is 29.0 Å². The number of amides is 4. The van der Waals surface area contributed by atoms with Gasteiger partial charge in [-0.05, 0) is 78.6 Å². The average Bonchev–Trinajstić information content (AvgIpc) is 3.57. The molecule has 0 radical (unpaired) electrons. The molecule has 54 heavy (non-hydrogen) atoms. The number of phenols is 1. The molecule has 4 aromatic carbocycles. The highest BCUT2D eigenvalue weighted by Crippen LogP contribution is 2.65. The van der Waals surface area contributed by atoms with Gasteiger partial charge in [0.05, 0.1) is 28.9 Å². The fourth-order valence-corrected chi connectivity index (χ4v) is 10.9. The van der Waals surface area contributed by atoms with Crippen molar-refractivity contribution >= 4 is 52.5 Å². The van der Waals surface area contributed by atoms with E-state index < -0.39 is 40.9 Å². The number of anilines is 1. The number of benzene rings is 4. The largest absolute Gasteiger partial charge is 0.508 e. The minimum atomic E-state index is -1.44. The lowest BCUT2D eigenvalue weighted by Gasteiger charge is -2.51. The molecule has 4 fully saturated rings. The molecule has 1 N–H and O–H groups in total. The molecule has 8 nitrogen and oxygen atoms in total. The van der Waals surface area contributed by atoms with E-state index >= 15 is 4.79 Å². The summed E-state index contributed by atoms with van der Waals surface area (Å²) in [6, 6.07) is 30.9. The molecule has 3 saturated heterocycles. The van der Waals surface area contributed by atoms with Crippen LogP contribution in [0.3, 0.4) is 0 Å². The van der Waals surface area contributed by atoms with Crippen LogP contribution in [0.25, 0.3) is 0 Å². The van der Waals surface area contributed by atoms with Gasteiger partial charge in [-0.15, -0.1) is 0 Å². The van der Waals surface area contributed by atoms with E-state index in [-0.39, 0.29) is 41.0 Å². The number of fused-ring (bicyclic) bond motifs is 4. The highest BCUT2D eigenvalue weighted by atomic mass is 35.5. The van der Waals surface area contributed by atoms with Crippen molar-refractivity contribution in [3.63, 3.8) is 0 Å². The van der Waals surface area contributed by atoms with E-state index in [1.54, 1.807) is 35.2 Å². The number of halogens is 2. The van der Waals surface area contributed by atoms with Crippen LogP contribution in [0.15, 0.2) is 115 Å². The topological polar surface area (TPSA) is 98.2 Å². The average molecular weight is 761 g/mol. The molecular formula is C44H39Cl2N3O5. The molecule has 3 aliphatic heterocycles. The van der Waals surface area contributed by atoms with E-state index in [9.17, 15) is 19.5 Å². The van der Waals surface area contributed by atoms with E-state index in [4.69, 9.17) is 23.2 Å². The highest BCUT2D eigenvalue weighted by molar-refractivity contribution is 6.33. The van der Waals surface area contributed by atoms with Crippen LogP contribution in [0.2, 0.25) is 10.0 Å². The van der Waals surface area contributed by atoms with E-state index in [0.29, 0.717) is 41.1 Å². The van der Waals surface area contributed by atoms with E-state index in [0.717, 1.165) is 25.2 Å². The predicted octanol–water partition coefficient (Wildman–Crippen LogP) is 7.53. The maximum atomic E-state index is 15.4. The molecule has 10 heteroatoms. The monoisotopic (exact) mass is 759 g/mol. The molecule has 3 heterocycles. The van der Waals surface area contributed by atoms with E-state index in [1.165, 1.54) is 22.6 Å². The van der Waals surface area contributed by atoms with Crippen molar-refractivity contribution in [2.24, 2.45) is 23.7 Å². The Morgan fingerprint density at radius 2 is 1.48 bits per heavy atom. The molecule has 9 rings (SSSR count). The predicted molar refractivity (Wildman–Crippen MR) is 206 cm³/mol. The van der Waals surface area contributed by atoms with Gasteiger partial charge in [-0.25, -0.2) is 4.90 Å². The second kappa shape index (κ2) is 13.5. The number of piperidine rings is 1. The third-order valence-corrected chi connectivity index (χ3v) is 13.2. The smallest absolute Gasteiger partial charge is 0.246 e. The van der Waals surface area contributed by atoms with Crippen molar-refractivity contribution in [2.45, 2.75) is 49.6 Å². The number of likely N-dealkylation sites (tertiary alicyclic amines) is 2. The first kappa shape index (κ1) is 35.0. The third kappa shape index (κ3) is 5.36. The van der Waals surface area contributed by atoms with Gasteiger partial charge in [-0.2, -0.15) is 0 Å². The van der Waals surface area contributed by atoms with Gasteiger partial charge in [0.2, 0.25) is 23.6 Å². The number of rotatable bonds is 6. The van der Waals surface area contributed by atoms with Crippen molar-refractivity contribution in [1.82, 2.24) is 9.80 Å².